The Hall–Kier alpha value is -0.830. The Morgan fingerprint density at radius 3 is 3.11 bits per heavy atom. The van der Waals surface area contributed by atoms with Gasteiger partial charge in [0.05, 0.1) is 0 Å². The monoisotopic (exact) mass is 128 g/mol. The van der Waals surface area contributed by atoms with Crippen molar-refractivity contribution in [1.29, 1.82) is 0 Å². The van der Waals surface area contributed by atoms with Crippen molar-refractivity contribution in [1.82, 2.24) is 0 Å². The Balaban J connectivity index is 2.39. The lowest BCUT2D eigenvalue weighted by Crippen LogP contribution is -2.14. The second-order valence-corrected chi connectivity index (χ2v) is 1.76. The van der Waals surface area contributed by atoms with Gasteiger partial charge in [-0.25, -0.2) is 4.79 Å². The van der Waals surface area contributed by atoms with Crippen molar-refractivity contribution >= 4 is 5.97 Å². The second kappa shape index (κ2) is 2.64. The minimum absolute atomic E-state index is 0.0946. The van der Waals surface area contributed by atoms with E-state index in [0.29, 0.717) is 6.42 Å². The van der Waals surface area contributed by atoms with Gasteiger partial charge >= 0.3 is 5.97 Å². The Kier molecular flexibility index (Phi) is 1.85. The Bertz CT molecular complexity index is 130. The molecule has 0 bridgehead atoms. The highest BCUT2D eigenvalue weighted by molar-refractivity contribution is 5.75. The van der Waals surface area contributed by atoms with Crippen molar-refractivity contribution in [2.24, 2.45) is 0 Å². The number of carbonyl (C=O) groups is 1. The molecule has 1 atom stereocenters. The first kappa shape index (κ1) is 6.29. The third-order valence-corrected chi connectivity index (χ3v) is 1.11. The van der Waals surface area contributed by atoms with Crippen LogP contribution in [0, 0.1) is 0 Å². The number of rotatable bonds is 2. The van der Waals surface area contributed by atoms with Gasteiger partial charge in [0.1, 0.15) is 0 Å². The second-order valence-electron chi connectivity index (χ2n) is 1.76. The Morgan fingerprint density at radius 1 is 1.89 bits per heavy atom. The molecule has 0 saturated carbocycles. The van der Waals surface area contributed by atoms with Gasteiger partial charge in [-0.15, -0.1) is 6.58 Å². The van der Waals surface area contributed by atoms with Gasteiger partial charge in [0.25, 0.3) is 0 Å². The number of hydrogen-bond acceptors (Lipinski definition) is 3. The summed E-state index contributed by atoms with van der Waals surface area (Å²) in [5.41, 5.74) is 0. The van der Waals surface area contributed by atoms with Crippen molar-refractivity contribution in [3.05, 3.63) is 12.7 Å². The number of hydrogen-bond donors (Lipinski definition) is 0. The summed E-state index contributed by atoms with van der Waals surface area (Å²) in [7, 11) is 0. The van der Waals surface area contributed by atoms with Gasteiger partial charge in [-0.1, -0.05) is 6.08 Å². The van der Waals surface area contributed by atoms with Crippen LogP contribution in [0.1, 0.15) is 6.42 Å². The summed E-state index contributed by atoms with van der Waals surface area (Å²) >= 11 is 0. The lowest BCUT2D eigenvalue weighted by Gasteiger charge is -1.96. The molecule has 3 heteroatoms. The standard InChI is InChI=1S/C6H8O3/c1-2-3-5-6(7)9-4-8-5/h2,5H,1,3-4H2. The van der Waals surface area contributed by atoms with Gasteiger partial charge in [-0.05, 0) is 0 Å². The van der Waals surface area contributed by atoms with E-state index >= 15 is 0 Å². The molecule has 0 aliphatic carbocycles. The average molecular weight is 128 g/mol. The first-order chi connectivity index (χ1) is 4.34. The van der Waals surface area contributed by atoms with E-state index < -0.39 is 6.10 Å². The van der Waals surface area contributed by atoms with Gasteiger partial charge in [-0.3, -0.25) is 0 Å². The third-order valence-electron chi connectivity index (χ3n) is 1.11. The summed E-state index contributed by atoms with van der Waals surface area (Å²) < 4.78 is 9.37. The highest BCUT2D eigenvalue weighted by Gasteiger charge is 2.25. The van der Waals surface area contributed by atoms with Crippen LogP contribution in [0.15, 0.2) is 12.7 Å². The fraction of sp³-hybridized carbons (Fsp3) is 0.500. The number of cyclic esters (lactones) is 1. The number of carbonyl (C=O) groups excluding carboxylic acids is 1. The van der Waals surface area contributed by atoms with Crippen LogP contribution in [0.3, 0.4) is 0 Å². The van der Waals surface area contributed by atoms with Crippen LogP contribution in [-0.2, 0) is 14.3 Å². The molecule has 0 aromatic heterocycles. The zero-order chi connectivity index (χ0) is 6.69. The van der Waals surface area contributed by atoms with Gasteiger partial charge in [0.2, 0.25) is 0 Å². The zero-order valence-corrected chi connectivity index (χ0v) is 5.00. The van der Waals surface area contributed by atoms with E-state index in [0.717, 1.165) is 0 Å². The molecule has 50 valence electrons. The van der Waals surface area contributed by atoms with E-state index in [1.54, 1.807) is 6.08 Å². The van der Waals surface area contributed by atoms with Crippen LogP contribution in [0.4, 0.5) is 0 Å². The minimum Gasteiger partial charge on any atom is -0.437 e. The maximum Gasteiger partial charge on any atom is 0.337 e. The maximum atomic E-state index is 10.6. The Morgan fingerprint density at radius 2 is 2.67 bits per heavy atom. The number of esters is 1. The fourth-order valence-electron chi connectivity index (χ4n) is 0.651. The molecule has 1 fully saturated rings. The molecule has 1 unspecified atom stereocenters. The normalized spacial score (nSPS) is 25.8. The molecule has 1 saturated heterocycles. The summed E-state index contributed by atoms with van der Waals surface area (Å²) in [5.74, 6) is -0.282. The summed E-state index contributed by atoms with van der Waals surface area (Å²) in [4.78, 5) is 10.6. The van der Waals surface area contributed by atoms with E-state index in [4.69, 9.17) is 4.74 Å². The van der Waals surface area contributed by atoms with Crippen LogP contribution < -0.4 is 0 Å². The van der Waals surface area contributed by atoms with Gasteiger partial charge in [0, 0.05) is 6.42 Å². The first-order valence-corrected chi connectivity index (χ1v) is 2.73. The summed E-state index contributed by atoms with van der Waals surface area (Å²) in [6.07, 6.45) is 1.78. The highest BCUT2D eigenvalue weighted by atomic mass is 16.7. The van der Waals surface area contributed by atoms with Crippen LogP contribution in [0.5, 0.6) is 0 Å². The zero-order valence-electron chi connectivity index (χ0n) is 5.00. The molecule has 1 rings (SSSR count). The lowest BCUT2D eigenvalue weighted by atomic mass is 10.2. The van der Waals surface area contributed by atoms with E-state index in [1.807, 2.05) is 0 Å². The molecule has 3 nitrogen and oxygen atoms in total. The van der Waals surface area contributed by atoms with Crippen molar-refractivity contribution in [3.63, 3.8) is 0 Å². The SMILES string of the molecule is C=CCC1OCOC1=O. The molecule has 0 spiro atoms. The molecule has 0 amide bonds. The molecule has 1 heterocycles. The highest BCUT2D eigenvalue weighted by Crippen LogP contribution is 2.08. The van der Waals surface area contributed by atoms with Crippen molar-refractivity contribution in [3.8, 4) is 0 Å². The Labute approximate surface area is 53.3 Å². The first-order valence-electron chi connectivity index (χ1n) is 2.73. The van der Waals surface area contributed by atoms with E-state index in [9.17, 15) is 4.79 Å². The predicted molar refractivity (Wildman–Crippen MR) is 30.6 cm³/mol. The predicted octanol–water partition coefficient (Wildman–Crippen LogP) is 0.462. The maximum absolute atomic E-state index is 10.6. The molecule has 0 aromatic carbocycles. The van der Waals surface area contributed by atoms with Crippen molar-refractivity contribution in [2.75, 3.05) is 6.79 Å². The van der Waals surface area contributed by atoms with Crippen LogP contribution in [0.2, 0.25) is 0 Å². The summed E-state index contributed by atoms with van der Waals surface area (Å²) in [6, 6.07) is 0. The third kappa shape index (κ3) is 1.29. The molecular weight excluding hydrogens is 120 g/mol. The lowest BCUT2D eigenvalue weighted by molar-refractivity contribution is -0.139. The summed E-state index contributed by atoms with van der Waals surface area (Å²) in [5, 5.41) is 0. The van der Waals surface area contributed by atoms with Crippen LogP contribution in [0.25, 0.3) is 0 Å². The largest absolute Gasteiger partial charge is 0.437 e. The van der Waals surface area contributed by atoms with E-state index in [-0.39, 0.29) is 12.8 Å². The average Bonchev–Trinajstić information content (AvgIpc) is 2.18. The van der Waals surface area contributed by atoms with Gasteiger partial charge in [0.15, 0.2) is 12.9 Å². The topological polar surface area (TPSA) is 35.5 Å². The minimum atomic E-state index is -0.400. The summed E-state index contributed by atoms with van der Waals surface area (Å²) in [6.45, 7) is 3.57. The smallest absolute Gasteiger partial charge is 0.337 e. The van der Waals surface area contributed by atoms with E-state index in [2.05, 4.69) is 11.3 Å². The van der Waals surface area contributed by atoms with Crippen LogP contribution in [-0.4, -0.2) is 18.9 Å². The number of ether oxygens (including phenoxy) is 2. The molecule has 0 aromatic rings. The molecular formula is C6H8O3. The molecule has 9 heavy (non-hydrogen) atoms. The van der Waals surface area contributed by atoms with E-state index in [1.165, 1.54) is 0 Å². The fourth-order valence-corrected chi connectivity index (χ4v) is 0.651. The van der Waals surface area contributed by atoms with Gasteiger partial charge < -0.3 is 9.47 Å². The molecule has 0 N–H and O–H groups in total. The van der Waals surface area contributed by atoms with Crippen molar-refractivity contribution in [2.45, 2.75) is 12.5 Å². The van der Waals surface area contributed by atoms with Crippen molar-refractivity contribution < 1.29 is 14.3 Å². The molecule has 0 radical (unpaired) electrons. The molecule has 1 aliphatic rings. The van der Waals surface area contributed by atoms with Gasteiger partial charge in [-0.2, -0.15) is 0 Å². The molecule has 1 aliphatic heterocycles. The quantitative estimate of drug-likeness (QED) is 0.400. The van der Waals surface area contributed by atoms with Crippen LogP contribution >= 0.6 is 0 Å².